The Bertz CT molecular complexity index is 941. The summed E-state index contributed by atoms with van der Waals surface area (Å²) in [6.45, 7) is 0.0293. The molecular weight excluding hydrogens is 320 g/mol. The van der Waals surface area contributed by atoms with Crippen molar-refractivity contribution in [2.45, 2.75) is 25.3 Å². The highest BCUT2D eigenvalue weighted by Gasteiger charge is 2.28. The zero-order chi connectivity index (χ0) is 17.2. The topological polar surface area (TPSA) is 97.1 Å². The van der Waals surface area contributed by atoms with Crippen molar-refractivity contribution in [3.05, 3.63) is 54.2 Å². The second-order valence-electron chi connectivity index (χ2n) is 5.98. The summed E-state index contributed by atoms with van der Waals surface area (Å²) < 4.78 is 5.06. The van der Waals surface area contributed by atoms with E-state index in [2.05, 4.69) is 20.8 Å². The van der Waals surface area contributed by atoms with Crippen molar-refractivity contribution in [1.29, 1.82) is 0 Å². The molecule has 1 saturated carbocycles. The van der Waals surface area contributed by atoms with E-state index >= 15 is 0 Å². The van der Waals surface area contributed by atoms with E-state index in [1.807, 2.05) is 36.4 Å². The number of nitrogens with one attached hydrogen (secondary N) is 2. The van der Waals surface area contributed by atoms with E-state index in [1.54, 1.807) is 6.07 Å². The van der Waals surface area contributed by atoms with E-state index in [4.69, 9.17) is 4.52 Å². The monoisotopic (exact) mass is 336 g/mol. The number of fused-ring (bicyclic) bond motifs is 1. The number of carbonyl (C=O) groups is 2. The first-order valence-corrected chi connectivity index (χ1v) is 8.10. The third kappa shape index (κ3) is 3.35. The van der Waals surface area contributed by atoms with Gasteiger partial charge in [-0.1, -0.05) is 41.6 Å². The van der Waals surface area contributed by atoms with Gasteiger partial charge in [0, 0.05) is 17.0 Å². The Morgan fingerprint density at radius 2 is 1.88 bits per heavy atom. The summed E-state index contributed by atoms with van der Waals surface area (Å²) in [5, 5.41) is 10.9. The van der Waals surface area contributed by atoms with E-state index < -0.39 is 11.8 Å². The maximum absolute atomic E-state index is 12.1. The highest BCUT2D eigenvalue weighted by Crippen LogP contribution is 2.38. The molecule has 2 N–H and O–H groups in total. The van der Waals surface area contributed by atoms with Crippen LogP contribution in [0.4, 0.5) is 5.69 Å². The number of benzene rings is 2. The van der Waals surface area contributed by atoms with Crippen molar-refractivity contribution in [2.24, 2.45) is 0 Å². The van der Waals surface area contributed by atoms with Gasteiger partial charge in [0.25, 0.3) is 0 Å². The van der Waals surface area contributed by atoms with Crippen LogP contribution in [0.15, 0.2) is 47.0 Å². The minimum absolute atomic E-state index is 0.0293. The van der Waals surface area contributed by atoms with Crippen molar-refractivity contribution in [3.63, 3.8) is 0 Å². The van der Waals surface area contributed by atoms with Crippen LogP contribution < -0.4 is 10.6 Å². The molecule has 2 amide bonds. The van der Waals surface area contributed by atoms with Crippen LogP contribution in [0.5, 0.6) is 0 Å². The number of amides is 2. The van der Waals surface area contributed by atoms with E-state index in [9.17, 15) is 9.59 Å². The lowest BCUT2D eigenvalue weighted by molar-refractivity contribution is -0.136. The fourth-order valence-electron chi connectivity index (χ4n) is 2.60. The smallest absolute Gasteiger partial charge is 0.313 e. The summed E-state index contributed by atoms with van der Waals surface area (Å²) in [6.07, 6.45) is 2.14. The van der Waals surface area contributed by atoms with Crippen LogP contribution >= 0.6 is 0 Å². The molecule has 7 nitrogen and oxygen atoms in total. The minimum Gasteiger partial charge on any atom is -0.339 e. The highest BCUT2D eigenvalue weighted by atomic mass is 16.5. The summed E-state index contributed by atoms with van der Waals surface area (Å²) in [7, 11) is 0. The molecule has 0 aliphatic heterocycles. The molecule has 0 saturated heterocycles. The van der Waals surface area contributed by atoms with Crippen LogP contribution in [0, 0.1) is 0 Å². The van der Waals surface area contributed by atoms with Gasteiger partial charge in [-0.3, -0.25) is 9.59 Å². The summed E-state index contributed by atoms with van der Waals surface area (Å²) in [5.74, 6) is -0.141. The molecule has 0 atom stereocenters. The van der Waals surface area contributed by atoms with Crippen molar-refractivity contribution < 1.29 is 14.1 Å². The largest absolute Gasteiger partial charge is 0.339 e. The lowest BCUT2D eigenvalue weighted by Crippen LogP contribution is -2.35. The molecule has 1 aliphatic carbocycles. The molecule has 1 heterocycles. The van der Waals surface area contributed by atoms with Crippen molar-refractivity contribution >= 4 is 28.3 Å². The maximum atomic E-state index is 12.1. The molecule has 3 aromatic rings. The van der Waals surface area contributed by atoms with Gasteiger partial charge in [-0.2, -0.15) is 4.98 Å². The molecular formula is C18H16N4O3. The van der Waals surface area contributed by atoms with Gasteiger partial charge in [-0.15, -0.1) is 0 Å². The predicted octanol–water partition coefficient (Wildman–Crippen LogP) is 2.36. The highest BCUT2D eigenvalue weighted by molar-refractivity contribution is 6.40. The first-order chi connectivity index (χ1) is 12.2. The minimum atomic E-state index is -0.751. The third-order valence-corrected chi connectivity index (χ3v) is 4.07. The first-order valence-electron chi connectivity index (χ1n) is 8.10. The Balaban J connectivity index is 1.38. The number of rotatable bonds is 4. The van der Waals surface area contributed by atoms with E-state index in [0.29, 0.717) is 23.3 Å². The quantitative estimate of drug-likeness (QED) is 0.713. The molecule has 0 unspecified atom stereocenters. The molecule has 2 aromatic carbocycles. The van der Waals surface area contributed by atoms with Gasteiger partial charge in [0.1, 0.15) is 0 Å². The molecule has 1 aliphatic rings. The van der Waals surface area contributed by atoms with Gasteiger partial charge in [0.05, 0.1) is 6.54 Å². The molecule has 126 valence electrons. The molecule has 0 radical (unpaired) electrons. The molecule has 0 bridgehead atoms. The van der Waals surface area contributed by atoms with Crippen molar-refractivity contribution in [2.75, 3.05) is 5.32 Å². The molecule has 7 heteroatoms. The Morgan fingerprint density at radius 1 is 1.08 bits per heavy atom. The van der Waals surface area contributed by atoms with Crippen LogP contribution in [0.1, 0.15) is 30.5 Å². The van der Waals surface area contributed by atoms with Gasteiger partial charge >= 0.3 is 11.8 Å². The Hall–Kier alpha value is -3.22. The van der Waals surface area contributed by atoms with Gasteiger partial charge < -0.3 is 15.2 Å². The Morgan fingerprint density at radius 3 is 2.72 bits per heavy atom. The average molecular weight is 336 g/mol. The summed E-state index contributed by atoms with van der Waals surface area (Å²) in [5.41, 5.74) is 0.590. The lowest BCUT2D eigenvalue weighted by Gasteiger charge is -2.08. The summed E-state index contributed by atoms with van der Waals surface area (Å²) >= 11 is 0. The first kappa shape index (κ1) is 15.3. The number of anilines is 1. The molecule has 4 rings (SSSR count). The second-order valence-corrected chi connectivity index (χ2v) is 5.98. The molecule has 25 heavy (non-hydrogen) atoms. The second kappa shape index (κ2) is 6.35. The normalized spacial score (nSPS) is 13.6. The fraction of sp³-hybridized carbons (Fsp3) is 0.222. The number of carbonyl (C=O) groups excluding carboxylic acids is 2. The SMILES string of the molecule is O=C(NCc1nc(C2CC2)no1)C(=O)Nc1cccc2ccccc12. The standard InChI is InChI=1S/C18H16N4O3/c23-17(19-10-15-21-16(22-25-15)12-8-9-12)18(24)20-14-7-3-5-11-4-1-2-6-13(11)14/h1-7,12H,8-10H2,(H,19,23)(H,20,24). The number of aromatic nitrogens is 2. The molecule has 0 spiro atoms. The van der Waals surface area contributed by atoms with Gasteiger partial charge in [-0.05, 0) is 24.3 Å². The van der Waals surface area contributed by atoms with E-state index in [1.165, 1.54) is 0 Å². The van der Waals surface area contributed by atoms with Gasteiger partial charge in [0.15, 0.2) is 5.82 Å². The maximum Gasteiger partial charge on any atom is 0.313 e. The number of hydrogen-bond acceptors (Lipinski definition) is 5. The summed E-state index contributed by atoms with van der Waals surface area (Å²) in [6, 6.07) is 13.2. The van der Waals surface area contributed by atoms with Gasteiger partial charge in [-0.25, -0.2) is 0 Å². The van der Waals surface area contributed by atoms with Gasteiger partial charge in [0.2, 0.25) is 5.89 Å². The lowest BCUT2D eigenvalue weighted by atomic mass is 10.1. The summed E-state index contributed by atoms with van der Waals surface area (Å²) in [4.78, 5) is 28.3. The number of hydrogen-bond donors (Lipinski definition) is 2. The van der Waals surface area contributed by atoms with Crippen LogP contribution in [0.2, 0.25) is 0 Å². The zero-order valence-electron chi connectivity index (χ0n) is 13.4. The van der Waals surface area contributed by atoms with Crippen LogP contribution in [-0.4, -0.2) is 22.0 Å². The van der Waals surface area contributed by atoms with Crippen molar-refractivity contribution in [1.82, 2.24) is 15.5 Å². The van der Waals surface area contributed by atoms with Crippen LogP contribution in [0.3, 0.4) is 0 Å². The fourth-order valence-corrected chi connectivity index (χ4v) is 2.60. The predicted molar refractivity (Wildman–Crippen MR) is 90.7 cm³/mol. The Labute approximate surface area is 143 Å². The third-order valence-electron chi connectivity index (χ3n) is 4.07. The molecule has 1 fully saturated rings. The van der Waals surface area contributed by atoms with Crippen LogP contribution in [-0.2, 0) is 16.1 Å². The molecule has 1 aromatic heterocycles. The average Bonchev–Trinajstić information content (AvgIpc) is 3.38. The number of nitrogens with zero attached hydrogens (tertiary/aromatic N) is 2. The van der Waals surface area contributed by atoms with Crippen molar-refractivity contribution in [3.8, 4) is 0 Å². The Kier molecular flexibility index (Phi) is 3.89. The van der Waals surface area contributed by atoms with Crippen LogP contribution in [0.25, 0.3) is 10.8 Å². The van der Waals surface area contributed by atoms with E-state index in [0.717, 1.165) is 23.6 Å². The zero-order valence-corrected chi connectivity index (χ0v) is 13.4. The van der Waals surface area contributed by atoms with E-state index in [-0.39, 0.29) is 6.54 Å².